The number of likely N-dealkylation sites (N-methyl/N-ethyl adjacent to an activating group) is 1. The largest absolute Gasteiger partial charge is 0.421 e. The van der Waals surface area contributed by atoms with Crippen LogP contribution in [0.1, 0.15) is 17.0 Å². The second-order valence-corrected chi connectivity index (χ2v) is 7.96. The fourth-order valence-electron chi connectivity index (χ4n) is 3.87. The maximum Gasteiger partial charge on any atom is 0.421 e. The summed E-state index contributed by atoms with van der Waals surface area (Å²) in [6.45, 7) is 4.70. The van der Waals surface area contributed by atoms with Gasteiger partial charge in [0.25, 0.3) is 5.91 Å². The molecule has 162 valence electrons. The summed E-state index contributed by atoms with van der Waals surface area (Å²) in [6.07, 6.45) is 0. The minimum Gasteiger partial charge on any atom is -0.381 e. The Hall–Kier alpha value is -3.04. The number of aryl methyl sites for hydroxylation is 2. The first-order valence-corrected chi connectivity index (χ1v) is 10.3. The van der Waals surface area contributed by atoms with Gasteiger partial charge in [-0.05, 0) is 31.5 Å². The van der Waals surface area contributed by atoms with E-state index in [0.29, 0.717) is 35.5 Å². The molecular weight excluding hydrogens is 420 g/mol. The number of amides is 3. The number of imide groups is 1. The van der Waals surface area contributed by atoms with Gasteiger partial charge in [0.05, 0.1) is 25.4 Å². The lowest BCUT2D eigenvalue weighted by Gasteiger charge is -2.34. The number of carbonyl (C=O) groups is 2. The number of amidine groups is 1. The zero-order valence-corrected chi connectivity index (χ0v) is 18.6. The van der Waals surface area contributed by atoms with E-state index in [1.165, 1.54) is 9.80 Å². The summed E-state index contributed by atoms with van der Waals surface area (Å²) in [5.74, 6) is 0.522. The molecule has 10 heteroatoms. The van der Waals surface area contributed by atoms with E-state index >= 15 is 0 Å². The third-order valence-corrected chi connectivity index (χ3v) is 5.78. The number of nitrogens with zero attached hydrogens (tertiary/aromatic N) is 6. The SMILES string of the molecule is COCC[N+]1=C(n2nc(C)cc2C)N=C2C1C(=O)N(Cc1ccccc1Cl)C(=O)N2C. The summed E-state index contributed by atoms with van der Waals surface area (Å²) in [4.78, 5) is 33.9. The van der Waals surface area contributed by atoms with Crippen molar-refractivity contribution in [3.05, 3.63) is 52.3 Å². The normalized spacial score (nSPS) is 18.7. The lowest BCUT2D eigenvalue weighted by molar-refractivity contribution is -0.539. The molecule has 0 N–H and O–H groups in total. The number of carbonyl (C=O) groups excluding carboxylic acids is 2. The lowest BCUT2D eigenvalue weighted by atomic mass is 10.1. The molecule has 0 bridgehead atoms. The fourth-order valence-corrected chi connectivity index (χ4v) is 4.06. The van der Waals surface area contributed by atoms with Crippen molar-refractivity contribution in [1.82, 2.24) is 19.6 Å². The minimum atomic E-state index is -0.751. The van der Waals surface area contributed by atoms with Gasteiger partial charge in [0, 0.05) is 19.2 Å². The number of urea groups is 1. The van der Waals surface area contributed by atoms with Crippen molar-refractivity contribution in [2.75, 3.05) is 27.3 Å². The average Bonchev–Trinajstić information content (AvgIpc) is 3.28. The summed E-state index contributed by atoms with van der Waals surface area (Å²) in [5, 5.41) is 5.02. The van der Waals surface area contributed by atoms with Crippen LogP contribution in [-0.2, 0) is 16.1 Å². The van der Waals surface area contributed by atoms with Crippen LogP contribution in [0.15, 0.2) is 35.3 Å². The van der Waals surface area contributed by atoms with Crippen LogP contribution in [-0.4, -0.2) is 81.2 Å². The van der Waals surface area contributed by atoms with Crippen LogP contribution >= 0.6 is 11.6 Å². The highest BCUT2D eigenvalue weighted by atomic mass is 35.5. The van der Waals surface area contributed by atoms with E-state index in [9.17, 15) is 9.59 Å². The summed E-state index contributed by atoms with van der Waals surface area (Å²) >= 11 is 6.28. The Morgan fingerprint density at radius 1 is 1.23 bits per heavy atom. The van der Waals surface area contributed by atoms with E-state index in [2.05, 4.69) is 10.1 Å². The minimum absolute atomic E-state index is 0.0822. The number of hydrogen-bond acceptors (Lipinski definition) is 5. The van der Waals surface area contributed by atoms with Gasteiger partial charge in [-0.1, -0.05) is 34.8 Å². The van der Waals surface area contributed by atoms with Gasteiger partial charge in [0.2, 0.25) is 11.9 Å². The number of hydrogen-bond donors (Lipinski definition) is 0. The van der Waals surface area contributed by atoms with E-state index < -0.39 is 12.1 Å². The molecule has 1 atom stereocenters. The number of halogens is 1. The molecule has 1 aromatic carbocycles. The molecule has 1 aromatic heterocycles. The molecule has 0 radical (unpaired) electrons. The number of ether oxygens (including phenoxy) is 1. The molecule has 0 saturated carbocycles. The molecule has 0 aliphatic carbocycles. The number of rotatable bonds is 5. The van der Waals surface area contributed by atoms with Crippen molar-refractivity contribution in [3.63, 3.8) is 0 Å². The number of fused-ring (bicyclic) bond motifs is 1. The highest BCUT2D eigenvalue weighted by Crippen LogP contribution is 2.24. The van der Waals surface area contributed by atoms with Gasteiger partial charge in [-0.25, -0.2) is 9.37 Å². The molecule has 1 saturated heterocycles. The lowest BCUT2D eigenvalue weighted by Crippen LogP contribution is -2.62. The van der Waals surface area contributed by atoms with Crippen LogP contribution in [0.25, 0.3) is 0 Å². The van der Waals surface area contributed by atoms with Crippen molar-refractivity contribution in [1.29, 1.82) is 0 Å². The van der Waals surface area contributed by atoms with Gasteiger partial charge in [0.15, 0.2) is 0 Å². The second-order valence-electron chi connectivity index (χ2n) is 7.56. The Kier molecular flexibility index (Phi) is 5.63. The molecule has 1 unspecified atom stereocenters. The van der Waals surface area contributed by atoms with Crippen LogP contribution < -0.4 is 0 Å². The summed E-state index contributed by atoms with van der Waals surface area (Å²) < 4.78 is 8.80. The summed E-state index contributed by atoms with van der Waals surface area (Å²) in [5.41, 5.74) is 2.42. The number of aliphatic imine (C=N–C) groups is 1. The molecule has 2 aromatic rings. The molecule has 9 nitrogen and oxygen atoms in total. The molecule has 3 amide bonds. The van der Waals surface area contributed by atoms with E-state index in [4.69, 9.17) is 16.3 Å². The maximum atomic E-state index is 13.5. The zero-order valence-electron chi connectivity index (χ0n) is 17.9. The van der Waals surface area contributed by atoms with Crippen molar-refractivity contribution < 1.29 is 18.9 Å². The topological polar surface area (TPSA) is 83.0 Å². The summed E-state index contributed by atoms with van der Waals surface area (Å²) in [6, 6.07) is 7.91. The second kappa shape index (κ2) is 8.24. The van der Waals surface area contributed by atoms with E-state index in [0.717, 1.165) is 11.4 Å². The van der Waals surface area contributed by atoms with Crippen molar-refractivity contribution in [2.24, 2.45) is 4.99 Å². The Labute approximate surface area is 185 Å². The Balaban J connectivity index is 1.77. The maximum absolute atomic E-state index is 13.5. The van der Waals surface area contributed by atoms with Gasteiger partial charge < -0.3 is 4.74 Å². The standard InChI is InChI=1S/C21H24ClN6O3/c1-13-11-14(2)28(24-13)20-23-18-17(26(20)9-10-31-4)19(29)27(21(30)25(18)3)12-15-7-5-6-8-16(15)22/h5-8,11,17H,9-10,12H2,1-4H3/q+1. The molecule has 2 aliphatic rings. The van der Waals surface area contributed by atoms with E-state index in [-0.39, 0.29) is 12.5 Å². The predicted molar refractivity (Wildman–Crippen MR) is 115 cm³/mol. The fraction of sp³-hybridized carbons (Fsp3) is 0.381. The average molecular weight is 444 g/mol. The highest BCUT2D eigenvalue weighted by molar-refractivity contribution is 6.31. The molecule has 4 rings (SSSR count). The van der Waals surface area contributed by atoms with Gasteiger partial charge >= 0.3 is 12.0 Å². The summed E-state index contributed by atoms with van der Waals surface area (Å²) in [7, 11) is 3.22. The molecular formula is C21H24ClN6O3+. The molecule has 1 fully saturated rings. The van der Waals surface area contributed by atoms with Gasteiger partial charge in [0.1, 0.15) is 5.69 Å². The van der Waals surface area contributed by atoms with Crippen LogP contribution in [0, 0.1) is 13.8 Å². The third-order valence-electron chi connectivity index (χ3n) is 5.41. The van der Waals surface area contributed by atoms with Crippen LogP contribution in [0.2, 0.25) is 5.02 Å². The quantitative estimate of drug-likeness (QED) is 0.661. The van der Waals surface area contributed by atoms with E-state index in [1.54, 1.807) is 31.0 Å². The Bertz CT molecular complexity index is 1120. The third kappa shape index (κ3) is 3.64. The Morgan fingerprint density at radius 2 is 1.97 bits per heavy atom. The number of benzene rings is 1. The predicted octanol–water partition coefficient (Wildman–Crippen LogP) is 1.89. The van der Waals surface area contributed by atoms with Crippen LogP contribution in [0.4, 0.5) is 4.79 Å². The van der Waals surface area contributed by atoms with E-state index in [1.807, 2.05) is 36.6 Å². The zero-order chi connectivity index (χ0) is 22.3. The monoisotopic (exact) mass is 443 g/mol. The highest BCUT2D eigenvalue weighted by Gasteiger charge is 2.53. The molecule has 31 heavy (non-hydrogen) atoms. The van der Waals surface area contributed by atoms with Crippen molar-refractivity contribution >= 4 is 35.3 Å². The Morgan fingerprint density at radius 3 is 2.61 bits per heavy atom. The number of methoxy groups -OCH3 is 1. The first-order valence-electron chi connectivity index (χ1n) is 9.90. The van der Waals surface area contributed by atoms with Crippen molar-refractivity contribution in [2.45, 2.75) is 26.4 Å². The first-order chi connectivity index (χ1) is 14.8. The molecule has 0 spiro atoms. The van der Waals surface area contributed by atoms with Crippen molar-refractivity contribution in [3.8, 4) is 0 Å². The first kappa shape index (κ1) is 21.2. The van der Waals surface area contributed by atoms with Crippen LogP contribution in [0.3, 0.4) is 0 Å². The van der Waals surface area contributed by atoms with Gasteiger partial charge in [-0.3, -0.25) is 14.6 Å². The van der Waals surface area contributed by atoms with Gasteiger partial charge in [-0.2, -0.15) is 0 Å². The number of aromatic nitrogens is 2. The van der Waals surface area contributed by atoms with Crippen LogP contribution in [0.5, 0.6) is 0 Å². The molecule has 3 heterocycles. The van der Waals surface area contributed by atoms with Gasteiger partial charge in [-0.15, -0.1) is 9.78 Å². The smallest absolute Gasteiger partial charge is 0.381 e. The molecule has 2 aliphatic heterocycles.